The summed E-state index contributed by atoms with van der Waals surface area (Å²) in [7, 11) is 0. The number of nitrogens with one attached hydrogen (secondary N) is 2. The number of carbonyl (C=O) groups is 1. The van der Waals surface area contributed by atoms with Crippen LogP contribution in [0.4, 0.5) is 17.3 Å². The first-order chi connectivity index (χ1) is 12.1. The second kappa shape index (κ2) is 6.18. The van der Waals surface area contributed by atoms with Gasteiger partial charge in [0.25, 0.3) is 0 Å². The quantitative estimate of drug-likeness (QED) is 0.721. The smallest absolute Gasteiger partial charge is 0.228 e. The number of anilines is 3. The van der Waals surface area contributed by atoms with E-state index < -0.39 is 0 Å². The molecule has 0 spiro atoms. The second-order valence-corrected chi connectivity index (χ2v) is 6.41. The van der Waals surface area contributed by atoms with Crippen LogP contribution in [0.15, 0.2) is 48.7 Å². The lowest BCUT2D eigenvalue weighted by atomic mass is 10.1. The van der Waals surface area contributed by atoms with E-state index in [-0.39, 0.29) is 12.3 Å². The van der Waals surface area contributed by atoms with Gasteiger partial charge in [-0.25, -0.2) is 9.97 Å². The first-order valence-electron chi connectivity index (χ1n) is 7.88. The minimum atomic E-state index is -0.106. The Kier molecular flexibility index (Phi) is 3.86. The van der Waals surface area contributed by atoms with E-state index in [0.717, 1.165) is 28.1 Å². The summed E-state index contributed by atoms with van der Waals surface area (Å²) in [5.41, 5.74) is 5.08. The van der Waals surface area contributed by atoms with Crippen molar-refractivity contribution >= 4 is 34.8 Å². The van der Waals surface area contributed by atoms with Gasteiger partial charge in [0.05, 0.1) is 17.8 Å². The second-order valence-electron chi connectivity index (χ2n) is 5.98. The van der Waals surface area contributed by atoms with Crippen LogP contribution in [0, 0.1) is 6.92 Å². The molecule has 6 heteroatoms. The standard InChI is InChI=1S/C19H15ClN4O/c1-11-3-2-4-14(7-11)22-19-21-10-12-8-17(25)23-16-9-13(20)5-6-15(16)18(12)24-19/h2-7,9-10H,8H2,1H3,(H,23,25)(H,21,22,24). The van der Waals surface area contributed by atoms with E-state index >= 15 is 0 Å². The molecule has 1 aromatic heterocycles. The largest absolute Gasteiger partial charge is 0.325 e. The number of aryl methyl sites for hydroxylation is 1. The molecular formula is C19H15ClN4O. The number of aromatic nitrogens is 2. The summed E-state index contributed by atoms with van der Waals surface area (Å²) in [6, 6.07) is 13.4. The Hall–Kier alpha value is -2.92. The average Bonchev–Trinajstić information content (AvgIpc) is 2.69. The van der Waals surface area contributed by atoms with Crippen LogP contribution in [0.1, 0.15) is 11.1 Å². The van der Waals surface area contributed by atoms with Gasteiger partial charge in [-0.2, -0.15) is 0 Å². The van der Waals surface area contributed by atoms with Crippen molar-refractivity contribution in [3.05, 3.63) is 64.8 Å². The number of hydrogen-bond donors (Lipinski definition) is 2. The predicted molar refractivity (Wildman–Crippen MR) is 99.3 cm³/mol. The lowest BCUT2D eigenvalue weighted by Gasteiger charge is -2.11. The summed E-state index contributed by atoms with van der Waals surface area (Å²) in [6.07, 6.45) is 1.93. The summed E-state index contributed by atoms with van der Waals surface area (Å²) >= 11 is 6.06. The number of halogens is 1. The minimum Gasteiger partial charge on any atom is -0.325 e. The molecule has 1 aliphatic heterocycles. The SMILES string of the molecule is Cc1cccc(Nc2ncc3c(n2)-c2ccc(Cl)cc2NC(=O)C3)c1. The fraction of sp³-hybridized carbons (Fsp3) is 0.105. The molecule has 1 amide bonds. The molecule has 2 N–H and O–H groups in total. The Bertz CT molecular complexity index is 987. The fourth-order valence-electron chi connectivity index (χ4n) is 2.88. The first-order valence-corrected chi connectivity index (χ1v) is 8.26. The highest BCUT2D eigenvalue weighted by molar-refractivity contribution is 6.31. The van der Waals surface area contributed by atoms with Crippen LogP contribution in [0.5, 0.6) is 0 Å². The van der Waals surface area contributed by atoms with Crippen molar-refractivity contribution in [3.63, 3.8) is 0 Å². The highest BCUT2D eigenvalue weighted by atomic mass is 35.5. The van der Waals surface area contributed by atoms with Gasteiger partial charge in [0.15, 0.2) is 0 Å². The monoisotopic (exact) mass is 350 g/mol. The third-order valence-corrected chi connectivity index (χ3v) is 4.24. The third-order valence-electron chi connectivity index (χ3n) is 4.00. The van der Waals surface area contributed by atoms with Crippen LogP contribution >= 0.6 is 11.6 Å². The highest BCUT2D eigenvalue weighted by Gasteiger charge is 2.21. The Morgan fingerprint density at radius 1 is 1.20 bits per heavy atom. The van der Waals surface area contributed by atoms with Crippen LogP contribution in [-0.4, -0.2) is 15.9 Å². The number of rotatable bonds is 2. The van der Waals surface area contributed by atoms with Gasteiger partial charge in [-0.1, -0.05) is 23.7 Å². The Morgan fingerprint density at radius 2 is 2.08 bits per heavy atom. The van der Waals surface area contributed by atoms with E-state index in [1.807, 2.05) is 37.3 Å². The number of benzene rings is 2. The summed E-state index contributed by atoms with van der Waals surface area (Å²) in [6.45, 7) is 2.03. The van der Waals surface area contributed by atoms with Crippen molar-refractivity contribution in [2.75, 3.05) is 10.6 Å². The van der Waals surface area contributed by atoms with Crippen molar-refractivity contribution in [2.45, 2.75) is 13.3 Å². The zero-order valence-electron chi connectivity index (χ0n) is 13.5. The van der Waals surface area contributed by atoms with Crippen molar-refractivity contribution in [3.8, 4) is 11.3 Å². The number of carbonyl (C=O) groups excluding carboxylic acids is 1. The van der Waals surface area contributed by atoms with Crippen molar-refractivity contribution < 1.29 is 4.79 Å². The molecular weight excluding hydrogens is 336 g/mol. The van der Waals surface area contributed by atoms with Gasteiger partial charge < -0.3 is 10.6 Å². The molecule has 0 bridgehead atoms. The van der Waals surface area contributed by atoms with Crippen molar-refractivity contribution in [2.24, 2.45) is 0 Å². The average molecular weight is 351 g/mol. The molecule has 0 aliphatic carbocycles. The molecule has 25 heavy (non-hydrogen) atoms. The first kappa shape index (κ1) is 15.6. The topological polar surface area (TPSA) is 66.9 Å². The zero-order valence-corrected chi connectivity index (χ0v) is 14.3. The summed E-state index contributed by atoms with van der Waals surface area (Å²) in [5, 5.41) is 6.65. The molecule has 5 nitrogen and oxygen atoms in total. The third kappa shape index (κ3) is 3.19. The maximum atomic E-state index is 12.1. The molecule has 0 atom stereocenters. The van der Waals surface area contributed by atoms with Crippen molar-refractivity contribution in [1.82, 2.24) is 9.97 Å². The molecule has 1 aliphatic rings. The molecule has 0 radical (unpaired) electrons. The van der Waals surface area contributed by atoms with Gasteiger partial charge in [-0.15, -0.1) is 0 Å². The van der Waals surface area contributed by atoms with E-state index in [1.165, 1.54) is 0 Å². The van der Waals surface area contributed by atoms with Gasteiger partial charge in [-0.3, -0.25) is 4.79 Å². The van der Waals surface area contributed by atoms with Gasteiger partial charge in [0.2, 0.25) is 11.9 Å². The van der Waals surface area contributed by atoms with E-state index in [0.29, 0.717) is 16.7 Å². The molecule has 2 heterocycles. The number of amides is 1. The molecule has 0 saturated heterocycles. The van der Waals surface area contributed by atoms with Crippen LogP contribution in [0.3, 0.4) is 0 Å². The number of nitrogens with zero attached hydrogens (tertiary/aromatic N) is 2. The van der Waals surface area contributed by atoms with Gasteiger partial charge >= 0.3 is 0 Å². The Labute approximate surface area is 150 Å². The molecule has 0 unspecified atom stereocenters. The summed E-state index contributed by atoms with van der Waals surface area (Å²) in [5.74, 6) is 0.379. The summed E-state index contributed by atoms with van der Waals surface area (Å²) in [4.78, 5) is 21.1. The van der Waals surface area contributed by atoms with Crippen molar-refractivity contribution in [1.29, 1.82) is 0 Å². The van der Waals surface area contributed by atoms with Gasteiger partial charge in [0.1, 0.15) is 0 Å². The molecule has 0 fully saturated rings. The zero-order chi connectivity index (χ0) is 17.4. The Balaban J connectivity index is 1.79. The van der Waals surface area contributed by atoms with E-state index in [4.69, 9.17) is 11.6 Å². The van der Waals surface area contributed by atoms with Gasteiger partial charge in [-0.05, 0) is 42.8 Å². The fourth-order valence-corrected chi connectivity index (χ4v) is 3.05. The van der Waals surface area contributed by atoms with Crippen LogP contribution in [0.2, 0.25) is 5.02 Å². The highest BCUT2D eigenvalue weighted by Crippen LogP contribution is 2.34. The lowest BCUT2D eigenvalue weighted by molar-refractivity contribution is -0.115. The lowest BCUT2D eigenvalue weighted by Crippen LogP contribution is -2.12. The van der Waals surface area contributed by atoms with Crippen LogP contribution < -0.4 is 10.6 Å². The normalized spacial score (nSPS) is 12.6. The Morgan fingerprint density at radius 3 is 2.92 bits per heavy atom. The predicted octanol–water partition coefficient (Wildman–Crippen LogP) is 4.34. The maximum absolute atomic E-state index is 12.1. The molecule has 0 saturated carbocycles. The molecule has 2 aromatic carbocycles. The van der Waals surface area contributed by atoms with Crippen LogP contribution in [-0.2, 0) is 11.2 Å². The van der Waals surface area contributed by atoms with E-state index in [2.05, 4.69) is 20.6 Å². The molecule has 3 aromatic rings. The maximum Gasteiger partial charge on any atom is 0.228 e. The van der Waals surface area contributed by atoms with Gasteiger partial charge in [0, 0.05) is 28.0 Å². The molecule has 4 rings (SSSR count). The number of fused-ring (bicyclic) bond motifs is 3. The van der Waals surface area contributed by atoms with Crippen LogP contribution in [0.25, 0.3) is 11.3 Å². The number of hydrogen-bond acceptors (Lipinski definition) is 4. The molecule has 124 valence electrons. The van der Waals surface area contributed by atoms with E-state index in [9.17, 15) is 4.79 Å². The minimum absolute atomic E-state index is 0.106. The summed E-state index contributed by atoms with van der Waals surface area (Å²) < 4.78 is 0. The van der Waals surface area contributed by atoms with E-state index in [1.54, 1.807) is 18.3 Å².